The second-order valence-electron chi connectivity index (χ2n) is 4.76. The zero-order chi connectivity index (χ0) is 13.5. The number of pyridine rings is 1. The quantitative estimate of drug-likeness (QED) is 0.819. The summed E-state index contributed by atoms with van der Waals surface area (Å²) in [6.07, 6.45) is 2.97. The van der Waals surface area contributed by atoms with Gasteiger partial charge in [0, 0.05) is 26.3 Å². The van der Waals surface area contributed by atoms with E-state index in [1.165, 1.54) is 0 Å². The number of rotatable bonds is 7. The average Bonchev–Trinajstić information content (AvgIpc) is 2.28. The molecule has 0 aliphatic carbocycles. The van der Waals surface area contributed by atoms with Crippen molar-refractivity contribution in [2.45, 2.75) is 13.0 Å². The molecular formula is C13H23ClN4. The van der Waals surface area contributed by atoms with E-state index in [0.29, 0.717) is 0 Å². The SMILES string of the molecule is CNCc1cnc(N(C)CCCN(C)C)c(Cl)c1. The van der Waals surface area contributed by atoms with E-state index < -0.39 is 0 Å². The van der Waals surface area contributed by atoms with Crippen LogP contribution in [0.5, 0.6) is 0 Å². The first-order chi connectivity index (χ1) is 8.54. The van der Waals surface area contributed by atoms with Crippen LogP contribution in [0.25, 0.3) is 0 Å². The van der Waals surface area contributed by atoms with Crippen LogP contribution >= 0.6 is 11.6 Å². The molecule has 0 atom stereocenters. The van der Waals surface area contributed by atoms with Gasteiger partial charge in [-0.3, -0.25) is 0 Å². The standard InChI is InChI=1S/C13H23ClN4/c1-15-9-11-8-12(14)13(16-10-11)18(4)7-5-6-17(2)3/h8,10,15H,5-7,9H2,1-4H3. The lowest BCUT2D eigenvalue weighted by Gasteiger charge is -2.20. The smallest absolute Gasteiger partial charge is 0.147 e. The molecule has 0 fully saturated rings. The van der Waals surface area contributed by atoms with E-state index in [-0.39, 0.29) is 0 Å². The third-order valence-electron chi connectivity index (χ3n) is 2.72. The second kappa shape index (κ2) is 7.56. The number of hydrogen-bond donors (Lipinski definition) is 1. The van der Waals surface area contributed by atoms with Gasteiger partial charge in [-0.2, -0.15) is 0 Å². The van der Waals surface area contributed by atoms with Crippen LogP contribution in [0.1, 0.15) is 12.0 Å². The predicted molar refractivity (Wildman–Crippen MR) is 78.5 cm³/mol. The molecule has 1 heterocycles. The first-order valence-corrected chi connectivity index (χ1v) is 6.57. The van der Waals surface area contributed by atoms with Gasteiger partial charge in [-0.15, -0.1) is 0 Å². The molecule has 4 nitrogen and oxygen atoms in total. The Hall–Kier alpha value is -0.840. The minimum absolute atomic E-state index is 0.718. The number of aromatic nitrogens is 1. The van der Waals surface area contributed by atoms with Crippen LogP contribution in [0.2, 0.25) is 5.02 Å². The van der Waals surface area contributed by atoms with Crippen molar-refractivity contribution in [3.63, 3.8) is 0 Å². The maximum atomic E-state index is 6.26. The van der Waals surface area contributed by atoms with Gasteiger partial charge in [0.2, 0.25) is 0 Å². The Balaban J connectivity index is 2.59. The minimum atomic E-state index is 0.718. The fraction of sp³-hybridized carbons (Fsp3) is 0.615. The van der Waals surface area contributed by atoms with Gasteiger partial charge in [0.15, 0.2) is 0 Å². The van der Waals surface area contributed by atoms with Crippen LogP contribution in [0.15, 0.2) is 12.3 Å². The van der Waals surface area contributed by atoms with Crippen molar-refractivity contribution in [2.24, 2.45) is 0 Å². The normalized spacial score (nSPS) is 11.0. The van der Waals surface area contributed by atoms with E-state index in [0.717, 1.165) is 42.5 Å². The van der Waals surface area contributed by atoms with Gasteiger partial charge in [0.05, 0.1) is 5.02 Å². The van der Waals surface area contributed by atoms with E-state index in [4.69, 9.17) is 11.6 Å². The fourth-order valence-corrected chi connectivity index (χ4v) is 2.12. The van der Waals surface area contributed by atoms with Crippen molar-refractivity contribution in [1.29, 1.82) is 0 Å². The molecule has 0 saturated heterocycles. The summed E-state index contributed by atoms with van der Waals surface area (Å²) in [5, 5.41) is 3.81. The van der Waals surface area contributed by atoms with Crippen LogP contribution < -0.4 is 10.2 Å². The van der Waals surface area contributed by atoms with E-state index in [2.05, 4.69) is 34.2 Å². The molecule has 5 heteroatoms. The lowest BCUT2D eigenvalue weighted by atomic mass is 10.2. The predicted octanol–water partition coefficient (Wildman–Crippen LogP) is 1.84. The van der Waals surface area contributed by atoms with Crippen LogP contribution in [-0.4, -0.2) is 51.2 Å². The largest absolute Gasteiger partial charge is 0.358 e. The Morgan fingerprint density at radius 3 is 2.56 bits per heavy atom. The molecule has 0 aliphatic rings. The van der Waals surface area contributed by atoms with Gasteiger partial charge < -0.3 is 15.1 Å². The Morgan fingerprint density at radius 1 is 1.28 bits per heavy atom. The molecule has 0 aromatic carbocycles. The molecule has 1 aromatic heterocycles. The van der Waals surface area contributed by atoms with Crippen LogP contribution in [-0.2, 0) is 6.54 Å². The summed E-state index contributed by atoms with van der Waals surface area (Å²) in [4.78, 5) is 8.72. The number of anilines is 1. The van der Waals surface area contributed by atoms with Crippen molar-refractivity contribution < 1.29 is 0 Å². The minimum Gasteiger partial charge on any atom is -0.358 e. The van der Waals surface area contributed by atoms with Crippen molar-refractivity contribution in [3.8, 4) is 0 Å². The highest BCUT2D eigenvalue weighted by Crippen LogP contribution is 2.23. The number of nitrogens with zero attached hydrogens (tertiary/aromatic N) is 3. The highest BCUT2D eigenvalue weighted by Gasteiger charge is 2.08. The van der Waals surface area contributed by atoms with Crippen molar-refractivity contribution in [1.82, 2.24) is 15.2 Å². The van der Waals surface area contributed by atoms with Crippen molar-refractivity contribution in [2.75, 3.05) is 46.2 Å². The third-order valence-corrected chi connectivity index (χ3v) is 3.00. The summed E-state index contributed by atoms with van der Waals surface area (Å²) in [5.74, 6) is 0.857. The Labute approximate surface area is 115 Å². The molecule has 0 unspecified atom stereocenters. The number of nitrogens with one attached hydrogen (secondary N) is 1. The Bertz CT molecular complexity index is 368. The number of hydrogen-bond acceptors (Lipinski definition) is 4. The summed E-state index contributed by atoms with van der Waals surface area (Å²) in [6, 6.07) is 1.98. The van der Waals surface area contributed by atoms with Crippen molar-refractivity contribution >= 4 is 17.4 Å². The number of halogens is 1. The molecule has 1 rings (SSSR count). The molecule has 0 bridgehead atoms. The van der Waals surface area contributed by atoms with Gasteiger partial charge in [0.25, 0.3) is 0 Å². The summed E-state index contributed by atoms with van der Waals surface area (Å²) in [6.45, 7) is 2.81. The van der Waals surface area contributed by atoms with E-state index in [1.807, 2.05) is 26.4 Å². The van der Waals surface area contributed by atoms with Crippen LogP contribution in [0, 0.1) is 0 Å². The summed E-state index contributed by atoms with van der Waals surface area (Å²) < 4.78 is 0. The Morgan fingerprint density at radius 2 is 2.00 bits per heavy atom. The summed E-state index contributed by atoms with van der Waals surface area (Å²) in [5.41, 5.74) is 1.10. The van der Waals surface area contributed by atoms with Gasteiger partial charge in [-0.25, -0.2) is 4.98 Å². The summed E-state index contributed by atoms with van der Waals surface area (Å²) in [7, 11) is 8.10. The fourth-order valence-electron chi connectivity index (χ4n) is 1.78. The molecule has 102 valence electrons. The molecule has 0 saturated carbocycles. The monoisotopic (exact) mass is 270 g/mol. The van der Waals surface area contributed by atoms with E-state index in [9.17, 15) is 0 Å². The third kappa shape index (κ3) is 4.80. The Kier molecular flexibility index (Phi) is 6.39. The molecule has 1 aromatic rings. The maximum absolute atomic E-state index is 6.26. The van der Waals surface area contributed by atoms with E-state index in [1.54, 1.807) is 0 Å². The lowest BCUT2D eigenvalue weighted by molar-refractivity contribution is 0.401. The topological polar surface area (TPSA) is 31.4 Å². The molecule has 1 N–H and O–H groups in total. The molecular weight excluding hydrogens is 248 g/mol. The van der Waals surface area contributed by atoms with Gasteiger partial charge in [0.1, 0.15) is 5.82 Å². The molecule has 0 spiro atoms. The average molecular weight is 271 g/mol. The zero-order valence-corrected chi connectivity index (χ0v) is 12.5. The lowest BCUT2D eigenvalue weighted by Crippen LogP contribution is -2.24. The van der Waals surface area contributed by atoms with Gasteiger partial charge in [-0.1, -0.05) is 11.6 Å². The first kappa shape index (κ1) is 15.2. The highest BCUT2D eigenvalue weighted by molar-refractivity contribution is 6.33. The molecule has 0 aliphatic heterocycles. The summed E-state index contributed by atoms with van der Waals surface area (Å²) >= 11 is 6.26. The highest BCUT2D eigenvalue weighted by atomic mass is 35.5. The van der Waals surface area contributed by atoms with Gasteiger partial charge in [-0.05, 0) is 45.7 Å². The molecule has 18 heavy (non-hydrogen) atoms. The van der Waals surface area contributed by atoms with Gasteiger partial charge >= 0.3 is 0 Å². The zero-order valence-electron chi connectivity index (χ0n) is 11.7. The second-order valence-corrected chi connectivity index (χ2v) is 5.16. The maximum Gasteiger partial charge on any atom is 0.147 e. The first-order valence-electron chi connectivity index (χ1n) is 6.19. The van der Waals surface area contributed by atoms with E-state index >= 15 is 0 Å². The van der Waals surface area contributed by atoms with Crippen molar-refractivity contribution in [3.05, 3.63) is 22.8 Å². The molecule has 0 radical (unpaired) electrons. The van der Waals surface area contributed by atoms with Crippen LogP contribution in [0.4, 0.5) is 5.82 Å². The van der Waals surface area contributed by atoms with Crippen LogP contribution in [0.3, 0.4) is 0 Å². The molecule has 0 amide bonds.